The van der Waals surface area contributed by atoms with Crippen LogP contribution in [0.3, 0.4) is 0 Å². The molecule has 1 unspecified atom stereocenters. The normalized spacial score (nSPS) is 13.2. The lowest BCUT2D eigenvalue weighted by Gasteiger charge is -2.07. The van der Waals surface area contributed by atoms with Gasteiger partial charge in [-0.25, -0.2) is 0 Å². The average molecular weight is 232 g/mol. The Labute approximate surface area is 81.3 Å². The smallest absolute Gasteiger partial charge is 0.0830 e. The van der Waals surface area contributed by atoms with Gasteiger partial charge in [-0.05, 0) is 12.3 Å². The molecule has 0 radical (unpaired) electrons. The van der Waals surface area contributed by atoms with Crippen LogP contribution in [0.1, 0.15) is 19.0 Å². The molecular weight excluding hydrogens is 218 g/mol. The number of alkyl halides is 1. The Morgan fingerprint density at radius 2 is 2.42 bits per heavy atom. The zero-order valence-electron chi connectivity index (χ0n) is 7.50. The summed E-state index contributed by atoms with van der Waals surface area (Å²) in [6.45, 7) is 2.20. The molecular formula is C8H14BrN3. The van der Waals surface area contributed by atoms with Crippen molar-refractivity contribution in [1.29, 1.82) is 0 Å². The molecule has 1 rings (SSSR count). The van der Waals surface area contributed by atoms with E-state index in [1.807, 2.05) is 13.2 Å². The van der Waals surface area contributed by atoms with Gasteiger partial charge in [0.1, 0.15) is 0 Å². The van der Waals surface area contributed by atoms with E-state index < -0.39 is 0 Å². The molecule has 4 heteroatoms. The quantitative estimate of drug-likeness (QED) is 0.741. The van der Waals surface area contributed by atoms with Gasteiger partial charge >= 0.3 is 0 Å². The Hall–Kier alpha value is -0.380. The molecule has 1 aromatic rings. The summed E-state index contributed by atoms with van der Waals surface area (Å²) >= 11 is 3.49. The number of aromatic nitrogens is 3. The van der Waals surface area contributed by atoms with Gasteiger partial charge in [0.25, 0.3) is 0 Å². The summed E-state index contributed by atoms with van der Waals surface area (Å²) in [5.41, 5.74) is 1.09. The third kappa shape index (κ3) is 2.59. The van der Waals surface area contributed by atoms with Crippen molar-refractivity contribution in [2.24, 2.45) is 13.0 Å². The molecule has 1 heterocycles. The van der Waals surface area contributed by atoms with Gasteiger partial charge in [0, 0.05) is 12.4 Å². The van der Waals surface area contributed by atoms with Crippen LogP contribution in [-0.4, -0.2) is 20.3 Å². The summed E-state index contributed by atoms with van der Waals surface area (Å²) in [4.78, 5) is 1.61. The highest BCUT2D eigenvalue weighted by atomic mass is 79.9. The highest BCUT2D eigenvalue weighted by molar-refractivity contribution is 9.09. The highest BCUT2D eigenvalue weighted by Crippen LogP contribution is 2.11. The molecule has 0 aliphatic heterocycles. The van der Waals surface area contributed by atoms with E-state index in [-0.39, 0.29) is 0 Å². The fraction of sp³-hybridized carbons (Fsp3) is 0.750. The first-order valence-electron chi connectivity index (χ1n) is 4.17. The lowest BCUT2D eigenvalue weighted by atomic mass is 10.0. The lowest BCUT2D eigenvalue weighted by molar-refractivity contribution is 0.555. The monoisotopic (exact) mass is 231 g/mol. The maximum Gasteiger partial charge on any atom is 0.0830 e. The number of aryl methyl sites for hydroxylation is 1. The predicted molar refractivity (Wildman–Crippen MR) is 52.3 cm³/mol. The average Bonchev–Trinajstić information content (AvgIpc) is 2.47. The minimum absolute atomic E-state index is 0.682. The van der Waals surface area contributed by atoms with Crippen LogP contribution in [0.5, 0.6) is 0 Å². The first-order chi connectivity index (χ1) is 5.76. The fourth-order valence-corrected chi connectivity index (χ4v) is 1.77. The van der Waals surface area contributed by atoms with E-state index >= 15 is 0 Å². The standard InChI is InChI=1S/C8H14BrN3/c1-3-7(5-9)4-8-6-10-12(2)11-8/h6-7H,3-5H2,1-2H3. The van der Waals surface area contributed by atoms with Crippen molar-refractivity contribution in [1.82, 2.24) is 15.0 Å². The molecule has 0 aromatic carbocycles. The van der Waals surface area contributed by atoms with Crippen molar-refractivity contribution in [3.8, 4) is 0 Å². The second-order valence-corrected chi connectivity index (χ2v) is 3.61. The van der Waals surface area contributed by atoms with E-state index in [1.165, 1.54) is 6.42 Å². The summed E-state index contributed by atoms with van der Waals surface area (Å²) in [5, 5.41) is 9.30. The number of halogens is 1. The largest absolute Gasteiger partial charge is 0.188 e. The zero-order chi connectivity index (χ0) is 8.97. The van der Waals surface area contributed by atoms with Crippen LogP contribution in [0.25, 0.3) is 0 Å². The summed E-state index contributed by atoms with van der Waals surface area (Å²) < 4.78 is 0. The van der Waals surface area contributed by atoms with E-state index in [2.05, 4.69) is 33.1 Å². The number of nitrogens with zero attached hydrogens (tertiary/aromatic N) is 3. The number of hydrogen-bond acceptors (Lipinski definition) is 2. The summed E-state index contributed by atoms with van der Waals surface area (Å²) in [7, 11) is 1.85. The molecule has 0 saturated carbocycles. The molecule has 0 saturated heterocycles. The molecule has 68 valence electrons. The van der Waals surface area contributed by atoms with Crippen LogP contribution in [0.15, 0.2) is 6.20 Å². The molecule has 0 fully saturated rings. The van der Waals surface area contributed by atoms with Crippen molar-refractivity contribution in [2.75, 3.05) is 5.33 Å². The van der Waals surface area contributed by atoms with Crippen LogP contribution in [0, 0.1) is 5.92 Å². The summed E-state index contributed by atoms with van der Waals surface area (Å²) in [6.07, 6.45) is 4.04. The summed E-state index contributed by atoms with van der Waals surface area (Å²) in [6, 6.07) is 0. The van der Waals surface area contributed by atoms with Crippen molar-refractivity contribution < 1.29 is 0 Å². The van der Waals surface area contributed by atoms with E-state index in [1.54, 1.807) is 4.80 Å². The van der Waals surface area contributed by atoms with Gasteiger partial charge in [0.15, 0.2) is 0 Å². The van der Waals surface area contributed by atoms with E-state index in [9.17, 15) is 0 Å². The van der Waals surface area contributed by atoms with Gasteiger partial charge in [-0.2, -0.15) is 15.0 Å². The van der Waals surface area contributed by atoms with Gasteiger partial charge in [-0.15, -0.1) is 0 Å². The van der Waals surface area contributed by atoms with Gasteiger partial charge in [-0.3, -0.25) is 0 Å². The van der Waals surface area contributed by atoms with E-state index in [0.717, 1.165) is 17.4 Å². The van der Waals surface area contributed by atoms with Crippen molar-refractivity contribution in [3.05, 3.63) is 11.9 Å². The molecule has 0 amide bonds. The molecule has 0 aliphatic rings. The minimum Gasteiger partial charge on any atom is -0.188 e. The van der Waals surface area contributed by atoms with E-state index in [0.29, 0.717) is 5.92 Å². The molecule has 1 atom stereocenters. The second kappa shape index (κ2) is 4.60. The molecule has 1 aromatic heterocycles. The third-order valence-corrected chi connectivity index (χ3v) is 2.86. The molecule has 0 N–H and O–H groups in total. The SMILES string of the molecule is CCC(CBr)Cc1cnn(C)n1. The van der Waals surface area contributed by atoms with Crippen LogP contribution >= 0.6 is 15.9 Å². The molecule has 0 bridgehead atoms. The van der Waals surface area contributed by atoms with Gasteiger partial charge in [-0.1, -0.05) is 29.3 Å². The predicted octanol–water partition coefficient (Wildman–Crippen LogP) is 1.78. The third-order valence-electron chi connectivity index (χ3n) is 1.94. The zero-order valence-corrected chi connectivity index (χ0v) is 9.08. The lowest BCUT2D eigenvalue weighted by Crippen LogP contribution is -2.05. The first kappa shape index (κ1) is 9.71. The minimum atomic E-state index is 0.682. The maximum absolute atomic E-state index is 4.23. The number of hydrogen-bond donors (Lipinski definition) is 0. The highest BCUT2D eigenvalue weighted by Gasteiger charge is 2.07. The van der Waals surface area contributed by atoms with Crippen molar-refractivity contribution >= 4 is 15.9 Å². The topological polar surface area (TPSA) is 30.7 Å². The maximum atomic E-state index is 4.23. The Balaban J connectivity index is 2.50. The Bertz CT molecular complexity index is 230. The van der Waals surface area contributed by atoms with Crippen LogP contribution < -0.4 is 0 Å². The Kier molecular flexibility index (Phi) is 3.72. The number of rotatable bonds is 4. The molecule has 0 aliphatic carbocycles. The molecule has 3 nitrogen and oxygen atoms in total. The fourth-order valence-electron chi connectivity index (χ4n) is 1.09. The molecule has 12 heavy (non-hydrogen) atoms. The Morgan fingerprint density at radius 3 is 2.83 bits per heavy atom. The first-order valence-corrected chi connectivity index (χ1v) is 5.29. The summed E-state index contributed by atoms with van der Waals surface area (Å²) in [5.74, 6) is 0.682. The van der Waals surface area contributed by atoms with Gasteiger partial charge in [0.05, 0.1) is 11.9 Å². The second-order valence-electron chi connectivity index (χ2n) is 2.96. The van der Waals surface area contributed by atoms with Crippen LogP contribution in [0.4, 0.5) is 0 Å². The van der Waals surface area contributed by atoms with Crippen LogP contribution in [-0.2, 0) is 13.5 Å². The van der Waals surface area contributed by atoms with Gasteiger partial charge < -0.3 is 0 Å². The molecule has 0 spiro atoms. The van der Waals surface area contributed by atoms with E-state index in [4.69, 9.17) is 0 Å². The van der Waals surface area contributed by atoms with Crippen molar-refractivity contribution in [2.45, 2.75) is 19.8 Å². The van der Waals surface area contributed by atoms with Crippen LogP contribution in [0.2, 0.25) is 0 Å². The van der Waals surface area contributed by atoms with Gasteiger partial charge in [0.2, 0.25) is 0 Å². The van der Waals surface area contributed by atoms with Crippen molar-refractivity contribution in [3.63, 3.8) is 0 Å². The Morgan fingerprint density at radius 1 is 1.67 bits per heavy atom.